The number of anilines is 1. The maximum atomic E-state index is 12.6. The number of nitrogens with one attached hydrogen (secondary N) is 1. The van der Waals surface area contributed by atoms with Crippen LogP contribution < -0.4 is 5.32 Å². The summed E-state index contributed by atoms with van der Waals surface area (Å²) < 4.78 is 0. The van der Waals surface area contributed by atoms with Gasteiger partial charge in [-0.1, -0.05) is 35.1 Å². The Labute approximate surface area is 175 Å². The highest BCUT2D eigenvalue weighted by Crippen LogP contribution is 2.30. The van der Waals surface area contributed by atoms with Crippen molar-refractivity contribution in [3.8, 4) is 0 Å². The number of nitrogens with zero attached hydrogens (tertiary/aromatic N) is 3. The number of aromatic nitrogens is 2. The lowest BCUT2D eigenvalue weighted by molar-refractivity contribution is 0.0711. The van der Waals surface area contributed by atoms with E-state index in [0.29, 0.717) is 22.3 Å². The van der Waals surface area contributed by atoms with Crippen molar-refractivity contribution in [2.24, 2.45) is 0 Å². The Balaban J connectivity index is 1.43. The molecule has 9 heteroatoms. The smallest absolute Gasteiger partial charge is 0.286 e. The number of amides is 2. The maximum Gasteiger partial charge on any atom is 0.286 e. The molecule has 28 heavy (non-hydrogen) atoms. The van der Waals surface area contributed by atoms with Gasteiger partial charge in [-0.25, -0.2) is 0 Å². The van der Waals surface area contributed by atoms with E-state index in [1.165, 1.54) is 22.7 Å². The van der Waals surface area contributed by atoms with Gasteiger partial charge in [-0.15, -0.1) is 21.5 Å². The summed E-state index contributed by atoms with van der Waals surface area (Å²) in [5, 5.41) is 14.6. The highest BCUT2D eigenvalue weighted by molar-refractivity contribution is 7.13. The zero-order valence-electron chi connectivity index (χ0n) is 14.8. The molecule has 0 aliphatic carbocycles. The second kappa shape index (κ2) is 8.38. The summed E-state index contributed by atoms with van der Waals surface area (Å²) in [6, 6.07) is 10.7. The summed E-state index contributed by atoms with van der Waals surface area (Å²) >= 11 is 8.68. The van der Waals surface area contributed by atoms with Crippen LogP contribution in [-0.2, 0) is 0 Å². The van der Waals surface area contributed by atoms with E-state index < -0.39 is 0 Å². The van der Waals surface area contributed by atoms with E-state index >= 15 is 0 Å². The first kappa shape index (κ1) is 19.0. The molecule has 0 spiro atoms. The third-order valence-electron chi connectivity index (χ3n) is 4.51. The number of piperidine rings is 1. The van der Waals surface area contributed by atoms with Gasteiger partial charge in [-0.05, 0) is 42.5 Å². The van der Waals surface area contributed by atoms with Gasteiger partial charge in [0.25, 0.3) is 11.8 Å². The number of benzene rings is 1. The van der Waals surface area contributed by atoms with Crippen LogP contribution in [0.5, 0.6) is 0 Å². The second-order valence-corrected chi connectivity index (χ2v) is 8.87. The van der Waals surface area contributed by atoms with E-state index in [1.54, 1.807) is 24.3 Å². The van der Waals surface area contributed by atoms with Gasteiger partial charge in [0.2, 0.25) is 5.01 Å². The first-order valence-corrected chi connectivity index (χ1v) is 10.9. The molecule has 3 aromatic rings. The quantitative estimate of drug-likeness (QED) is 0.657. The van der Waals surface area contributed by atoms with Gasteiger partial charge in [-0.3, -0.25) is 9.59 Å². The molecule has 1 saturated heterocycles. The lowest BCUT2D eigenvalue weighted by Crippen LogP contribution is -2.38. The van der Waals surface area contributed by atoms with Crippen molar-refractivity contribution >= 4 is 51.8 Å². The summed E-state index contributed by atoms with van der Waals surface area (Å²) in [6.45, 7) is 1.34. The van der Waals surface area contributed by atoms with E-state index in [-0.39, 0.29) is 17.7 Å². The zero-order chi connectivity index (χ0) is 19.5. The van der Waals surface area contributed by atoms with Crippen LogP contribution in [0.1, 0.15) is 43.2 Å². The van der Waals surface area contributed by atoms with Gasteiger partial charge in [0.1, 0.15) is 5.01 Å². The molecule has 0 radical (unpaired) electrons. The average Bonchev–Trinajstić information content (AvgIpc) is 3.40. The molecule has 3 heterocycles. The Morgan fingerprint density at radius 2 is 2.11 bits per heavy atom. The fourth-order valence-corrected chi connectivity index (χ4v) is 4.91. The molecule has 1 atom stereocenters. The van der Waals surface area contributed by atoms with Crippen LogP contribution >= 0.6 is 34.3 Å². The number of likely N-dealkylation sites (tertiary alicyclic amines) is 1. The second-order valence-electron chi connectivity index (χ2n) is 6.48. The predicted molar refractivity (Wildman–Crippen MR) is 112 cm³/mol. The molecule has 0 saturated carbocycles. The van der Waals surface area contributed by atoms with Crippen molar-refractivity contribution in [2.75, 3.05) is 18.4 Å². The summed E-state index contributed by atoms with van der Waals surface area (Å²) in [5.41, 5.74) is 0.611. The highest BCUT2D eigenvalue weighted by Gasteiger charge is 2.28. The van der Waals surface area contributed by atoms with Crippen LogP contribution in [0.3, 0.4) is 0 Å². The summed E-state index contributed by atoms with van der Waals surface area (Å²) in [6.07, 6.45) is 1.84. The van der Waals surface area contributed by atoms with Crippen LogP contribution in [0, 0.1) is 0 Å². The van der Waals surface area contributed by atoms with Gasteiger partial charge >= 0.3 is 0 Å². The van der Waals surface area contributed by atoms with E-state index in [9.17, 15) is 9.59 Å². The number of halogens is 1. The molecule has 1 N–H and O–H groups in total. The third kappa shape index (κ3) is 4.24. The number of rotatable bonds is 4. The van der Waals surface area contributed by atoms with Gasteiger partial charge in [0.05, 0.1) is 4.88 Å². The minimum Gasteiger partial charge on any atom is -0.337 e. The first-order chi connectivity index (χ1) is 13.6. The maximum absolute atomic E-state index is 12.6. The lowest BCUT2D eigenvalue weighted by atomic mass is 9.98. The summed E-state index contributed by atoms with van der Waals surface area (Å²) in [5.74, 6) is -0.153. The molecule has 1 aromatic carbocycles. The fraction of sp³-hybridized carbons (Fsp3) is 0.263. The standard InChI is InChI=1S/C19H17ClN4O2S2/c20-13-5-1-6-14(10-13)21-16(25)18-23-22-17(28-18)12-4-2-8-24(11-12)19(26)15-7-3-9-27-15/h1,3,5-7,9-10,12H,2,4,8,11H2,(H,21,25)/t12-/m1/s1. The number of carbonyl (C=O) groups excluding carboxylic acids is 2. The molecule has 2 aromatic heterocycles. The van der Waals surface area contributed by atoms with Crippen molar-refractivity contribution in [1.29, 1.82) is 0 Å². The van der Waals surface area contributed by atoms with E-state index in [0.717, 1.165) is 29.3 Å². The van der Waals surface area contributed by atoms with E-state index in [1.807, 2.05) is 22.4 Å². The molecule has 6 nitrogen and oxygen atoms in total. The van der Waals surface area contributed by atoms with E-state index in [4.69, 9.17) is 11.6 Å². The summed E-state index contributed by atoms with van der Waals surface area (Å²) in [4.78, 5) is 27.7. The van der Waals surface area contributed by atoms with Gasteiger partial charge in [0.15, 0.2) is 0 Å². The molecule has 0 bridgehead atoms. The van der Waals surface area contributed by atoms with Crippen molar-refractivity contribution in [3.63, 3.8) is 0 Å². The van der Waals surface area contributed by atoms with Crippen LogP contribution in [0.15, 0.2) is 41.8 Å². The normalized spacial score (nSPS) is 16.8. The van der Waals surface area contributed by atoms with Crippen molar-refractivity contribution in [1.82, 2.24) is 15.1 Å². The molecule has 1 aliphatic rings. The van der Waals surface area contributed by atoms with Crippen LogP contribution in [0.2, 0.25) is 5.02 Å². The molecule has 1 aliphatic heterocycles. The molecular weight excluding hydrogens is 416 g/mol. The monoisotopic (exact) mass is 432 g/mol. The summed E-state index contributed by atoms with van der Waals surface area (Å²) in [7, 11) is 0. The van der Waals surface area contributed by atoms with Gasteiger partial charge in [0, 0.05) is 29.7 Å². The molecule has 0 unspecified atom stereocenters. The zero-order valence-corrected chi connectivity index (χ0v) is 17.2. The van der Waals surface area contributed by atoms with Crippen LogP contribution in [0.25, 0.3) is 0 Å². The van der Waals surface area contributed by atoms with Crippen molar-refractivity contribution < 1.29 is 9.59 Å². The third-order valence-corrected chi connectivity index (χ3v) is 6.68. The van der Waals surface area contributed by atoms with Crippen LogP contribution in [-0.4, -0.2) is 40.0 Å². The minimum absolute atomic E-state index is 0.0585. The SMILES string of the molecule is O=C(Nc1cccc(Cl)c1)c1nnc([C@@H]2CCCN(C(=O)c3cccs3)C2)s1. The number of hydrogen-bond donors (Lipinski definition) is 1. The number of hydrogen-bond acceptors (Lipinski definition) is 6. The Kier molecular flexibility index (Phi) is 5.70. The van der Waals surface area contributed by atoms with Gasteiger partial charge < -0.3 is 10.2 Å². The number of carbonyl (C=O) groups is 2. The Morgan fingerprint density at radius 1 is 1.21 bits per heavy atom. The van der Waals surface area contributed by atoms with Crippen molar-refractivity contribution in [2.45, 2.75) is 18.8 Å². The molecule has 144 valence electrons. The Morgan fingerprint density at radius 3 is 2.89 bits per heavy atom. The Bertz CT molecular complexity index is 990. The van der Waals surface area contributed by atoms with E-state index in [2.05, 4.69) is 15.5 Å². The van der Waals surface area contributed by atoms with Crippen molar-refractivity contribution in [3.05, 3.63) is 61.7 Å². The van der Waals surface area contributed by atoms with Crippen LogP contribution in [0.4, 0.5) is 5.69 Å². The van der Waals surface area contributed by atoms with Gasteiger partial charge in [-0.2, -0.15) is 0 Å². The Hall–Kier alpha value is -2.29. The fourth-order valence-electron chi connectivity index (χ4n) is 3.16. The predicted octanol–water partition coefficient (Wildman–Crippen LogP) is 4.53. The largest absolute Gasteiger partial charge is 0.337 e. The topological polar surface area (TPSA) is 75.2 Å². The lowest BCUT2D eigenvalue weighted by Gasteiger charge is -2.31. The molecule has 1 fully saturated rings. The highest BCUT2D eigenvalue weighted by atomic mass is 35.5. The average molecular weight is 433 g/mol. The molecular formula is C19H17ClN4O2S2. The molecule has 4 rings (SSSR count). The number of thiophene rings is 1. The minimum atomic E-state index is -0.312. The molecule has 2 amide bonds. The first-order valence-electron chi connectivity index (χ1n) is 8.83.